The zero-order valence-electron chi connectivity index (χ0n) is 18.0. The van der Waals surface area contributed by atoms with Gasteiger partial charge in [0, 0.05) is 29.6 Å². The highest BCUT2D eigenvalue weighted by atomic mass is 32.2. The number of nitrogens with one attached hydrogen (secondary N) is 2. The van der Waals surface area contributed by atoms with Crippen molar-refractivity contribution in [3.05, 3.63) is 23.8 Å². The van der Waals surface area contributed by atoms with Crippen molar-refractivity contribution in [3.63, 3.8) is 0 Å². The molecule has 2 atom stereocenters. The molecule has 0 radical (unpaired) electrons. The van der Waals surface area contributed by atoms with Crippen LogP contribution in [0.4, 0.5) is 5.69 Å². The third-order valence-corrected chi connectivity index (χ3v) is 7.88. The molecule has 0 spiro atoms. The Morgan fingerprint density at radius 3 is 2.77 bits per heavy atom. The second-order valence-electron chi connectivity index (χ2n) is 8.76. The van der Waals surface area contributed by atoms with Crippen molar-refractivity contribution >= 4 is 29.3 Å². The number of fused-ring (bicyclic) bond motifs is 1. The number of hydrogen-bond acceptors (Lipinski definition) is 5. The van der Waals surface area contributed by atoms with Crippen molar-refractivity contribution in [2.75, 3.05) is 38.0 Å². The number of nitrogens with zero attached hydrogens (tertiary/aromatic N) is 2. The highest BCUT2D eigenvalue weighted by Gasteiger charge is 2.33. The number of hydrogen-bond donors (Lipinski definition) is 2. The van der Waals surface area contributed by atoms with E-state index in [-0.39, 0.29) is 17.2 Å². The lowest BCUT2D eigenvalue weighted by atomic mass is 10.0. The highest BCUT2D eigenvalue weighted by molar-refractivity contribution is 8.00. The lowest BCUT2D eigenvalue weighted by Crippen LogP contribution is -2.46. The SMILES string of the molecule is C[C@@H]1CCCCN1CCCNC(=O)c1ccc2c(c1)NC(=O)[C@@H](N1CCCCC1)S2. The number of benzene rings is 1. The van der Waals surface area contributed by atoms with Crippen LogP contribution in [0, 0.1) is 0 Å². The zero-order valence-corrected chi connectivity index (χ0v) is 18.8. The number of carbonyl (C=O) groups is 2. The van der Waals surface area contributed by atoms with Crippen LogP contribution in [-0.2, 0) is 4.79 Å². The molecule has 7 heteroatoms. The van der Waals surface area contributed by atoms with Crippen molar-refractivity contribution in [3.8, 4) is 0 Å². The standard InChI is InChI=1S/C23H34N4O2S/c1-17-8-3-6-12-26(17)15-7-11-24-21(28)18-9-10-20-19(16-18)25-22(29)23(30-20)27-13-4-2-5-14-27/h9-10,16-17,23H,2-8,11-15H2,1H3,(H,24,28)(H,25,29)/t17-,23+/m1/s1. The Morgan fingerprint density at radius 2 is 1.97 bits per heavy atom. The van der Waals surface area contributed by atoms with Crippen LogP contribution in [-0.4, -0.2) is 65.8 Å². The minimum absolute atomic E-state index is 0.0302. The summed E-state index contributed by atoms with van der Waals surface area (Å²) in [5.74, 6) is -0.0375. The summed E-state index contributed by atoms with van der Waals surface area (Å²) in [6.45, 7) is 7.16. The molecule has 0 aromatic heterocycles. The van der Waals surface area contributed by atoms with Crippen LogP contribution in [0.15, 0.2) is 23.1 Å². The van der Waals surface area contributed by atoms with Gasteiger partial charge in [-0.25, -0.2) is 0 Å². The molecule has 4 rings (SSSR count). The summed E-state index contributed by atoms with van der Waals surface area (Å²) in [6, 6.07) is 6.32. The molecular weight excluding hydrogens is 396 g/mol. The van der Waals surface area contributed by atoms with Crippen LogP contribution >= 0.6 is 11.8 Å². The summed E-state index contributed by atoms with van der Waals surface area (Å²) >= 11 is 1.61. The van der Waals surface area contributed by atoms with Gasteiger partial charge in [0.05, 0.1) is 5.69 Å². The maximum Gasteiger partial charge on any atom is 0.252 e. The molecule has 0 aliphatic carbocycles. The molecule has 2 fully saturated rings. The third-order valence-electron chi connectivity index (χ3n) is 6.53. The molecule has 3 aliphatic heterocycles. The highest BCUT2D eigenvalue weighted by Crippen LogP contribution is 2.38. The second-order valence-corrected chi connectivity index (χ2v) is 9.88. The van der Waals surface area contributed by atoms with E-state index in [4.69, 9.17) is 0 Å². The lowest BCUT2D eigenvalue weighted by Gasteiger charge is -2.35. The number of rotatable bonds is 6. The molecule has 2 saturated heterocycles. The van der Waals surface area contributed by atoms with E-state index in [2.05, 4.69) is 27.4 Å². The van der Waals surface area contributed by atoms with Gasteiger partial charge in [0.1, 0.15) is 5.37 Å². The molecule has 6 nitrogen and oxygen atoms in total. The molecule has 2 amide bonds. The first kappa shape index (κ1) is 21.7. The number of anilines is 1. The Hall–Kier alpha value is -1.57. The Morgan fingerprint density at radius 1 is 1.17 bits per heavy atom. The van der Waals surface area contributed by atoms with E-state index in [0.29, 0.717) is 18.2 Å². The first-order chi connectivity index (χ1) is 14.6. The number of piperidine rings is 2. The lowest BCUT2D eigenvalue weighted by molar-refractivity contribution is -0.118. The van der Waals surface area contributed by atoms with Gasteiger partial charge >= 0.3 is 0 Å². The fourth-order valence-electron chi connectivity index (χ4n) is 4.71. The van der Waals surface area contributed by atoms with E-state index in [0.717, 1.165) is 49.5 Å². The van der Waals surface area contributed by atoms with Crippen molar-refractivity contribution in [2.45, 2.75) is 68.2 Å². The number of carbonyl (C=O) groups excluding carboxylic acids is 2. The van der Waals surface area contributed by atoms with Gasteiger partial charge in [0.15, 0.2) is 0 Å². The predicted octanol–water partition coefficient (Wildman–Crippen LogP) is 3.54. The summed E-state index contributed by atoms with van der Waals surface area (Å²) in [5, 5.41) is 5.91. The maximum absolute atomic E-state index is 12.6. The van der Waals surface area contributed by atoms with Crippen LogP contribution in [0.3, 0.4) is 0 Å². The number of likely N-dealkylation sites (tertiary alicyclic amines) is 2. The van der Waals surface area contributed by atoms with Gasteiger partial charge in [-0.3, -0.25) is 14.5 Å². The minimum atomic E-state index is -0.158. The zero-order chi connectivity index (χ0) is 20.9. The van der Waals surface area contributed by atoms with Crippen molar-refractivity contribution in [1.82, 2.24) is 15.1 Å². The van der Waals surface area contributed by atoms with Gasteiger partial charge in [-0.2, -0.15) is 0 Å². The smallest absolute Gasteiger partial charge is 0.252 e. The first-order valence-electron chi connectivity index (χ1n) is 11.5. The Kier molecular flexibility index (Phi) is 7.33. The van der Waals surface area contributed by atoms with E-state index in [1.165, 1.54) is 32.2 Å². The minimum Gasteiger partial charge on any atom is -0.352 e. The average molecular weight is 431 g/mol. The van der Waals surface area contributed by atoms with Gasteiger partial charge in [-0.15, -0.1) is 0 Å². The molecule has 164 valence electrons. The third kappa shape index (κ3) is 5.18. The largest absolute Gasteiger partial charge is 0.352 e. The predicted molar refractivity (Wildman–Crippen MR) is 122 cm³/mol. The molecule has 2 N–H and O–H groups in total. The van der Waals surface area contributed by atoms with Gasteiger partial charge < -0.3 is 15.5 Å². The Labute approximate surface area is 184 Å². The van der Waals surface area contributed by atoms with Gasteiger partial charge in [-0.1, -0.05) is 24.6 Å². The summed E-state index contributed by atoms with van der Waals surface area (Å²) < 4.78 is 0. The first-order valence-corrected chi connectivity index (χ1v) is 12.4. The van der Waals surface area contributed by atoms with E-state index < -0.39 is 0 Å². The Bertz CT molecular complexity index is 766. The number of amides is 2. The monoisotopic (exact) mass is 430 g/mol. The summed E-state index contributed by atoms with van der Waals surface area (Å²) in [6.07, 6.45) is 8.44. The second kappa shape index (κ2) is 10.2. The van der Waals surface area contributed by atoms with Crippen molar-refractivity contribution < 1.29 is 9.59 Å². The van der Waals surface area contributed by atoms with E-state index in [1.54, 1.807) is 11.8 Å². The molecule has 1 aromatic carbocycles. The fraction of sp³-hybridized carbons (Fsp3) is 0.652. The van der Waals surface area contributed by atoms with Crippen LogP contribution in [0.25, 0.3) is 0 Å². The quantitative estimate of drug-likeness (QED) is 0.676. The Balaban J connectivity index is 1.29. The van der Waals surface area contributed by atoms with Gasteiger partial charge in [-0.05, 0) is 76.9 Å². The van der Waals surface area contributed by atoms with E-state index in [1.807, 2.05) is 18.2 Å². The number of thioether (sulfide) groups is 1. The topological polar surface area (TPSA) is 64.7 Å². The molecule has 0 unspecified atom stereocenters. The van der Waals surface area contributed by atoms with Crippen LogP contribution in [0.5, 0.6) is 0 Å². The molecule has 30 heavy (non-hydrogen) atoms. The maximum atomic E-state index is 12.6. The van der Waals surface area contributed by atoms with Crippen LogP contribution < -0.4 is 10.6 Å². The molecule has 1 aromatic rings. The summed E-state index contributed by atoms with van der Waals surface area (Å²) in [7, 11) is 0. The van der Waals surface area contributed by atoms with Gasteiger partial charge in [0.25, 0.3) is 11.8 Å². The summed E-state index contributed by atoms with van der Waals surface area (Å²) in [5.41, 5.74) is 1.37. The fourth-order valence-corrected chi connectivity index (χ4v) is 5.86. The van der Waals surface area contributed by atoms with Crippen molar-refractivity contribution in [2.24, 2.45) is 0 Å². The van der Waals surface area contributed by atoms with Crippen molar-refractivity contribution in [1.29, 1.82) is 0 Å². The van der Waals surface area contributed by atoms with Gasteiger partial charge in [0.2, 0.25) is 0 Å². The van der Waals surface area contributed by atoms with E-state index in [9.17, 15) is 9.59 Å². The van der Waals surface area contributed by atoms with E-state index >= 15 is 0 Å². The molecule has 0 bridgehead atoms. The molecular formula is C23H34N4O2S. The molecule has 3 heterocycles. The molecule has 3 aliphatic rings. The van der Waals surface area contributed by atoms with Crippen LogP contribution in [0.1, 0.15) is 62.2 Å². The normalized spacial score (nSPS) is 25.4. The van der Waals surface area contributed by atoms with Crippen LogP contribution in [0.2, 0.25) is 0 Å². The molecule has 0 saturated carbocycles. The summed E-state index contributed by atoms with van der Waals surface area (Å²) in [4.78, 5) is 31.1. The average Bonchev–Trinajstić information content (AvgIpc) is 2.77.